The molecule has 1 aliphatic rings. The van der Waals surface area contributed by atoms with Crippen LogP contribution >= 0.6 is 11.6 Å². The maximum Gasteiger partial charge on any atom is 0.401 e. The van der Waals surface area contributed by atoms with Crippen LogP contribution in [0.2, 0.25) is 5.02 Å². The van der Waals surface area contributed by atoms with Gasteiger partial charge in [-0.25, -0.2) is 0 Å². The van der Waals surface area contributed by atoms with E-state index in [0.29, 0.717) is 23.7 Å². The Kier molecular flexibility index (Phi) is 5.48. The number of carbonyl (C=O) groups excluding carboxylic acids is 2. The van der Waals surface area contributed by atoms with Crippen molar-refractivity contribution in [3.63, 3.8) is 0 Å². The Morgan fingerprint density at radius 2 is 2.13 bits per heavy atom. The van der Waals surface area contributed by atoms with Crippen LogP contribution in [0.15, 0.2) is 24.3 Å². The fourth-order valence-electron chi connectivity index (χ4n) is 2.28. The third-order valence-corrected chi connectivity index (χ3v) is 3.51. The molecule has 0 bridgehead atoms. The topological polar surface area (TPSA) is 61.4 Å². The summed E-state index contributed by atoms with van der Waals surface area (Å²) in [6, 6.07) is 6.00. The van der Waals surface area contributed by atoms with Gasteiger partial charge in [0.2, 0.25) is 11.8 Å². The molecule has 1 atom stereocenters. The number of hydrogen-bond donors (Lipinski definition) is 2. The quantitative estimate of drug-likeness (QED) is 0.851. The predicted molar refractivity (Wildman–Crippen MR) is 79.3 cm³/mol. The van der Waals surface area contributed by atoms with E-state index in [9.17, 15) is 22.8 Å². The molecule has 5 nitrogen and oxygen atoms in total. The fourth-order valence-corrected chi connectivity index (χ4v) is 2.46. The molecule has 1 aliphatic heterocycles. The summed E-state index contributed by atoms with van der Waals surface area (Å²) >= 11 is 5.88. The Hall–Kier alpha value is -1.80. The highest BCUT2D eigenvalue weighted by Crippen LogP contribution is 2.24. The standard InChI is InChI=1S/C14H15ClF3N3O2/c15-9-2-1-3-10(6-9)21-5-4-11(13(21)23)20-12(22)7-19-8-14(16,17)18/h1-3,6,11,19H,4-5,7-8H2,(H,20,22)/t11-/m0/s1. The van der Waals surface area contributed by atoms with Gasteiger partial charge in [-0.15, -0.1) is 0 Å². The van der Waals surface area contributed by atoms with Crippen molar-refractivity contribution < 1.29 is 22.8 Å². The number of benzene rings is 1. The summed E-state index contributed by atoms with van der Waals surface area (Å²) in [6.45, 7) is -1.35. The maximum absolute atomic E-state index is 12.3. The van der Waals surface area contributed by atoms with Gasteiger partial charge >= 0.3 is 6.18 Å². The first kappa shape index (κ1) is 17.6. The van der Waals surface area contributed by atoms with Crippen LogP contribution in [0.1, 0.15) is 6.42 Å². The summed E-state index contributed by atoms with van der Waals surface area (Å²) in [4.78, 5) is 25.3. The Labute approximate surface area is 135 Å². The molecule has 1 heterocycles. The van der Waals surface area contributed by atoms with Crippen molar-refractivity contribution in [1.29, 1.82) is 0 Å². The van der Waals surface area contributed by atoms with Crippen LogP contribution in [-0.4, -0.2) is 43.7 Å². The van der Waals surface area contributed by atoms with Gasteiger partial charge < -0.3 is 15.5 Å². The lowest BCUT2D eigenvalue weighted by atomic mass is 10.2. The SMILES string of the molecule is O=C(CNCC(F)(F)F)N[C@H]1CCN(c2cccc(Cl)c2)C1=O. The molecule has 0 saturated carbocycles. The molecular weight excluding hydrogens is 335 g/mol. The van der Waals surface area contributed by atoms with Crippen LogP contribution in [0.3, 0.4) is 0 Å². The Morgan fingerprint density at radius 3 is 2.78 bits per heavy atom. The first-order valence-corrected chi connectivity index (χ1v) is 7.28. The molecule has 0 radical (unpaired) electrons. The number of amides is 2. The molecule has 0 aromatic heterocycles. The second-order valence-electron chi connectivity index (χ2n) is 5.10. The average Bonchev–Trinajstić information content (AvgIpc) is 2.79. The Morgan fingerprint density at radius 1 is 1.39 bits per heavy atom. The minimum absolute atomic E-state index is 0.309. The maximum atomic E-state index is 12.3. The van der Waals surface area contributed by atoms with Gasteiger partial charge in [-0.3, -0.25) is 9.59 Å². The van der Waals surface area contributed by atoms with Gasteiger partial charge in [0.05, 0.1) is 13.1 Å². The molecule has 2 amide bonds. The molecule has 2 rings (SSSR count). The van der Waals surface area contributed by atoms with E-state index in [-0.39, 0.29) is 5.91 Å². The van der Waals surface area contributed by atoms with Crippen molar-refractivity contribution in [3.05, 3.63) is 29.3 Å². The van der Waals surface area contributed by atoms with Gasteiger partial charge in [0.25, 0.3) is 0 Å². The lowest BCUT2D eigenvalue weighted by Crippen LogP contribution is -2.45. The summed E-state index contributed by atoms with van der Waals surface area (Å²) in [5.74, 6) is -0.961. The summed E-state index contributed by atoms with van der Waals surface area (Å²) in [6.07, 6.45) is -4.00. The molecule has 2 N–H and O–H groups in total. The molecular formula is C14H15ClF3N3O2. The second-order valence-corrected chi connectivity index (χ2v) is 5.53. The van der Waals surface area contributed by atoms with Crippen molar-refractivity contribution in [3.8, 4) is 0 Å². The number of rotatable bonds is 5. The van der Waals surface area contributed by atoms with Gasteiger partial charge in [0.15, 0.2) is 0 Å². The zero-order valence-corrected chi connectivity index (χ0v) is 12.7. The van der Waals surface area contributed by atoms with E-state index in [1.807, 2.05) is 5.32 Å². The van der Waals surface area contributed by atoms with E-state index in [1.165, 1.54) is 4.90 Å². The number of nitrogens with zero attached hydrogens (tertiary/aromatic N) is 1. The number of anilines is 1. The first-order chi connectivity index (χ1) is 10.8. The zero-order valence-electron chi connectivity index (χ0n) is 12.0. The fraction of sp³-hybridized carbons (Fsp3) is 0.429. The predicted octanol–water partition coefficient (Wildman–Crippen LogP) is 1.71. The van der Waals surface area contributed by atoms with Crippen molar-refractivity contribution in [1.82, 2.24) is 10.6 Å². The summed E-state index contributed by atoms with van der Waals surface area (Å²) in [5.41, 5.74) is 0.620. The van der Waals surface area contributed by atoms with Crippen LogP contribution in [0.25, 0.3) is 0 Å². The molecule has 0 aliphatic carbocycles. The third kappa shape index (κ3) is 5.11. The number of alkyl halides is 3. The summed E-state index contributed by atoms with van der Waals surface area (Å²) in [5, 5.41) is 4.91. The number of hydrogen-bond acceptors (Lipinski definition) is 3. The minimum atomic E-state index is -4.38. The van der Waals surface area contributed by atoms with Crippen LogP contribution in [0.5, 0.6) is 0 Å². The van der Waals surface area contributed by atoms with Crippen LogP contribution in [0.4, 0.5) is 18.9 Å². The first-order valence-electron chi connectivity index (χ1n) is 6.90. The average molecular weight is 350 g/mol. The molecule has 1 saturated heterocycles. The molecule has 0 spiro atoms. The van der Waals surface area contributed by atoms with E-state index in [2.05, 4.69) is 5.32 Å². The van der Waals surface area contributed by atoms with Gasteiger partial charge in [-0.05, 0) is 24.6 Å². The highest BCUT2D eigenvalue weighted by atomic mass is 35.5. The third-order valence-electron chi connectivity index (χ3n) is 3.27. The van der Waals surface area contributed by atoms with Crippen molar-refractivity contribution >= 4 is 29.1 Å². The monoisotopic (exact) mass is 349 g/mol. The van der Waals surface area contributed by atoms with Crippen LogP contribution < -0.4 is 15.5 Å². The van der Waals surface area contributed by atoms with Crippen molar-refractivity contribution in [2.75, 3.05) is 24.5 Å². The van der Waals surface area contributed by atoms with Gasteiger partial charge in [0, 0.05) is 17.3 Å². The van der Waals surface area contributed by atoms with Gasteiger partial charge in [-0.1, -0.05) is 17.7 Å². The molecule has 0 unspecified atom stereocenters. The smallest absolute Gasteiger partial charge is 0.343 e. The number of nitrogens with one attached hydrogen (secondary N) is 2. The largest absolute Gasteiger partial charge is 0.401 e. The number of carbonyl (C=O) groups is 2. The molecule has 126 valence electrons. The summed E-state index contributed by atoms with van der Waals surface area (Å²) in [7, 11) is 0. The van der Waals surface area contributed by atoms with Gasteiger partial charge in [0.1, 0.15) is 6.04 Å². The van der Waals surface area contributed by atoms with E-state index >= 15 is 0 Å². The minimum Gasteiger partial charge on any atom is -0.343 e. The van der Waals surface area contributed by atoms with E-state index < -0.39 is 31.2 Å². The van der Waals surface area contributed by atoms with Crippen molar-refractivity contribution in [2.24, 2.45) is 0 Å². The second kappa shape index (κ2) is 7.18. The Balaban J connectivity index is 1.86. The van der Waals surface area contributed by atoms with E-state index in [1.54, 1.807) is 24.3 Å². The normalized spacial score (nSPS) is 18.3. The molecule has 1 aromatic rings. The molecule has 1 aromatic carbocycles. The van der Waals surface area contributed by atoms with Crippen LogP contribution in [-0.2, 0) is 9.59 Å². The number of halogens is 4. The lowest BCUT2D eigenvalue weighted by molar-refractivity contribution is -0.130. The molecule has 1 fully saturated rings. The zero-order chi connectivity index (χ0) is 17.0. The van der Waals surface area contributed by atoms with Gasteiger partial charge in [-0.2, -0.15) is 13.2 Å². The van der Waals surface area contributed by atoms with Crippen LogP contribution in [0, 0.1) is 0 Å². The Bertz CT molecular complexity index is 595. The molecule has 9 heteroatoms. The highest BCUT2D eigenvalue weighted by molar-refractivity contribution is 6.31. The summed E-state index contributed by atoms with van der Waals surface area (Å²) < 4.78 is 35.9. The molecule has 23 heavy (non-hydrogen) atoms. The van der Waals surface area contributed by atoms with E-state index in [0.717, 1.165) is 0 Å². The highest BCUT2D eigenvalue weighted by Gasteiger charge is 2.34. The van der Waals surface area contributed by atoms with E-state index in [4.69, 9.17) is 11.6 Å². The van der Waals surface area contributed by atoms with Crippen molar-refractivity contribution in [2.45, 2.75) is 18.6 Å². The lowest BCUT2D eigenvalue weighted by Gasteiger charge is -2.17.